The van der Waals surface area contributed by atoms with Gasteiger partial charge in [0.05, 0.1) is 5.69 Å². The number of pyridine rings is 2. The van der Waals surface area contributed by atoms with Gasteiger partial charge >= 0.3 is 11.9 Å². The maximum Gasteiger partial charge on any atom is 0.322 e. The average molecular weight is 707 g/mol. The van der Waals surface area contributed by atoms with Gasteiger partial charge in [0.1, 0.15) is 30.4 Å². The Kier molecular flexibility index (Phi) is 10.9. The monoisotopic (exact) mass is 706 g/mol. The topological polar surface area (TPSA) is 208 Å². The number of carbonyl (C=O) groups is 4. The molecule has 0 atom stereocenters. The van der Waals surface area contributed by atoms with Crippen molar-refractivity contribution in [1.82, 2.24) is 20.6 Å². The molecule has 0 saturated carbocycles. The van der Waals surface area contributed by atoms with Crippen molar-refractivity contribution >= 4 is 45.3 Å². The fourth-order valence-electron chi connectivity index (χ4n) is 5.12. The summed E-state index contributed by atoms with van der Waals surface area (Å²) < 4.78 is 18.6. The third kappa shape index (κ3) is 8.37. The van der Waals surface area contributed by atoms with Gasteiger partial charge in [0.2, 0.25) is 0 Å². The number of nitrogens with one attached hydrogen (secondary N) is 2. The Balaban J connectivity index is 0.000000202. The summed E-state index contributed by atoms with van der Waals surface area (Å²) in [6, 6.07) is 25.0. The van der Waals surface area contributed by atoms with Gasteiger partial charge < -0.3 is 35.8 Å². The van der Waals surface area contributed by atoms with Crippen LogP contribution in [0.1, 0.15) is 32.2 Å². The van der Waals surface area contributed by atoms with Gasteiger partial charge in [-0.3, -0.25) is 19.2 Å². The highest BCUT2D eigenvalue weighted by molar-refractivity contribution is 6.06. The first-order valence-electron chi connectivity index (χ1n) is 15.6. The zero-order valence-electron chi connectivity index (χ0n) is 27.7. The number of halogens is 1. The molecule has 52 heavy (non-hydrogen) atoms. The van der Waals surface area contributed by atoms with E-state index in [2.05, 4.69) is 20.6 Å². The molecule has 264 valence electrons. The Morgan fingerprint density at radius 1 is 0.654 bits per heavy atom. The molecule has 0 saturated heterocycles. The number of ether oxygens (including phenoxy) is 1. The molecule has 2 heterocycles. The molecular formula is C38H31FN4O9. The lowest BCUT2D eigenvalue weighted by Crippen LogP contribution is -2.30. The van der Waals surface area contributed by atoms with E-state index in [4.69, 9.17) is 14.9 Å². The van der Waals surface area contributed by atoms with Crippen LogP contribution in [-0.2, 0) is 9.59 Å². The smallest absolute Gasteiger partial charge is 0.322 e. The molecule has 0 radical (unpaired) electrons. The molecule has 0 unspecified atom stereocenters. The lowest BCUT2D eigenvalue weighted by atomic mass is 10.0. The van der Waals surface area contributed by atoms with Crippen molar-refractivity contribution in [3.05, 3.63) is 119 Å². The van der Waals surface area contributed by atoms with Crippen molar-refractivity contribution in [2.24, 2.45) is 0 Å². The second-order valence-corrected chi connectivity index (χ2v) is 11.4. The third-order valence-corrected chi connectivity index (χ3v) is 7.63. The first-order chi connectivity index (χ1) is 24.8. The van der Waals surface area contributed by atoms with Gasteiger partial charge in [-0.25, -0.2) is 14.4 Å². The van der Waals surface area contributed by atoms with Crippen molar-refractivity contribution in [2.45, 2.75) is 13.8 Å². The van der Waals surface area contributed by atoms with Crippen LogP contribution in [-0.4, -0.2) is 67.2 Å². The number of nitrogens with zero attached hydrogens (tertiary/aromatic N) is 2. The highest BCUT2D eigenvalue weighted by Crippen LogP contribution is 2.35. The molecule has 6 N–H and O–H groups in total. The molecule has 0 aliphatic carbocycles. The number of aliphatic carboxylic acids is 2. The Bertz CT molecular complexity index is 2330. The molecule has 13 nitrogen and oxygen atoms in total. The minimum atomic E-state index is -1.21. The molecular weight excluding hydrogens is 675 g/mol. The van der Waals surface area contributed by atoms with Gasteiger partial charge in [0, 0.05) is 32.8 Å². The fraction of sp³-hybridized carbons (Fsp3) is 0.105. The number of carbonyl (C=O) groups excluding carboxylic acids is 2. The van der Waals surface area contributed by atoms with Crippen molar-refractivity contribution in [1.29, 1.82) is 0 Å². The Morgan fingerprint density at radius 2 is 1.17 bits per heavy atom. The highest BCUT2D eigenvalue weighted by atomic mass is 19.1. The molecule has 0 fully saturated rings. The van der Waals surface area contributed by atoms with E-state index in [9.17, 15) is 33.8 Å². The first-order valence-corrected chi connectivity index (χ1v) is 15.6. The number of hydrogen-bond acceptors (Lipinski definition) is 9. The van der Waals surface area contributed by atoms with Crippen LogP contribution < -0.4 is 15.4 Å². The zero-order chi connectivity index (χ0) is 37.5. The summed E-state index contributed by atoms with van der Waals surface area (Å²) in [5, 5.41) is 44.7. The average Bonchev–Trinajstić information content (AvgIpc) is 3.13. The number of amides is 2. The minimum Gasteiger partial charge on any atom is -0.505 e. The number of rotatable bonds is 9. The molecule has 2 aromatic heterocycles. The van der Waals surface area contributed by atoms with Crippen molar-refractivity contribution in [2.75, 3.05) is 13.1 Å². The Labute approximate surface area is 295 Å². The van der Waals surface area contributed by atoms with Gasteiger partial charge in [-0.1, -0.05) is 54.1 Å². The van der Waals surface area contributed by atoms with E-state index in [1.165, 1.54) is 24.3 Å². The highest BCUT2D eigenvalue weighted by Gasteiger charge is 2.21. The summed E-state index contributed by atoms with van der Waals surface area (Å²) in [6.07, 6.45) is 0. The minimum absolute atomic E-state index is 0.199. The molecule has 14 heteroatoms. The number of hydrogen-bond donors (Lipinski definition) is 6. The summed E-state index contributed by atoms with van der Waals surface area (Å²) >= 11 is 0. The number of benzene rings is 4. The molecule has 0 aliphatic rings. The zero-order valence-corrected chi connectivity index (χ0v) is 27.7. The lowest BCUT2D eigenvalue weighted by molar-refractivity contribution is -0.136. The van der Waals surface area contributed by atoms with E-state index >= 15 is 0 Å². The number of aromatic nitrogens is 2. The number of fused-ring (bicyclic) bond motifs is 2. The van der Waals surface area contributed by atoms with E-state index in [-0.39, 0.29) is 28.7 Å². The van der Waals surface area contributed by atoms with Gasteiger partial charge in [0.25, 0.3) is 11.8 Å². The van der Waals surface area contributed by atoms with Crippen LogP contribution in [0.4, 0.5) is 4.39 Å². The van der Waals surface area contributed by atoms with Crippen LogP contribution in [0.2, 0.25) is 0 Å². The van der Waals surface area contributed by atoms with Crippen LogP contribution in [0.3, 0.4) is 0 Å². The predicted molar refractivity (Wildman–Crippen MR) is 188 cm³/mol. The van der Waals surface area contributed by atoms with E-state index in [1.54, 1.807) is 37.3 Å². The molecule has 0 bridgehead atoms. The van der Waals surface area contributed by atoms with Crippen molar-refractivity contribution in [3.8, 4) is 34.3 Å². The predicted octanol–water partition coefficient (Wildman–Crippen LogP) is 5.72. The Hall–Kier alpha value is -7.09. The quantitative estimate of drug-likeness (QED) is 0.107. The number of carboxylic acid groups (broad SMARTS) is 2. The van der Waals surface area contributed by atoms with Gasteiger partial charge in [-0.15, -0.1) is 0 Å². The Morgan fingerprint density at radius 3 is 1.75 bits per heavy atom. The summed E-state index contributed by atoms with van der Waals surface area (Å²) in [7, 11) is 0. The largest absolute Gasteiger partial charge is 0.505 e. The van der Waals surface area contributed by atoms with Crippen LogP contribution in [0.5, 0.6) is 23.0 Å². The maximum absolute atomic E-state index is 13.0. The molecule has 6 rings (SSSR count). The first kappa shape index (κ1) is 36.2. The number of carboxylic acids is 2. The fourth-order valence-corrected chi connectivity index (χ4v) is 5.12. The second kappa shape index (κ2) is 15.6. The van der Waals surface area contributed by atoms with Gasteiger partial charge in [0.15, 0.2) is 22.9 Å². The maximum atomic E-state index is 13.0. The lowest BCUT2D eigenvalue weighted by Gasteiger charge is -2.12. The van der Waals surface area contributed by atoms with Gasteiger partial charge in [-0.2, -0.15) is 0 Å². The van der Waals surface area contributed by atoms with Crippen molar-refractivity contribution < 1.29 is 48.7 Å². The van der Waals surface area contributed by atoms with Crippen LogP contribution in [0.15, 0.2) is 91.0 Å². The van der Waals surface area contributed by atoms with Crippen LogP contribution in [0.25, 0.3) is 32.8 Å². The van der Waals surface area contributed by atoms with E-state index < -0.39 is 36.8 Å². The second-order valence-electron chi connectivity index (χ2n) is 11.4. The van der Waals surface area contributed by atoms with Crippen LogP contribution in [0, 0.1) is 19.7 Å². The summed E-state index contributed by atoms with van der Waals surface area (Å²) in [4.78, 5) is 53.9. The molecule has 0 aliphatic heterocycles. The van der Waals surface area contributed by atoms with E-state index in [0.717, 1.165) is 11.1 Å². The molecule has 2 amide bonds. The molecule has 4 aromatic carbocycles. The van der Waals surface area contributed by atoms with E-state index in [0.29, 0.717) is 44.4 Å². The van der Waals surface area contributed by atoms with Gasteiger partial charge in [-0.05, 0) is 56.3 Å². The third-order valence-electron chi connectivity index (χ3n) is 7.63. The molecule has 6 aromatic rings. The van der Waals surface area contributed by atoms with Crippen LogP contribution >= 0.6 is 0 Å². The molecule has 0 spiro atoms. The number of aromatic hydroxyl groups is 2. The summed E-state index contributed by atoms with van der Waals surface area (Å²) in [5.41, 5.74) is 2.44. The summed E-state index contributed by atoms with van der Waals surface area (Å²) in [5.74, 6) is -4.02. The van der Waals surface area contributed by atoms with Crippen molar-refractivity contribution in [3.63, 3.8) is 0 Å². The van der Waals surface area contributed by atoms with E-state index in [1.807, 2.05) is 43.3 Å². The standard InChI is InChI=1S/C19H15FN2O5.C19H16N2O4/c1-10-15-8-13(27-12-4-2-11(20)3-5-12)6-7-14(15)18(25)17(22-10)19(26)21-9-16(23)24;1-11-6-8-12(9-7-11)16-13-4-2-3-5-14(13)18(24)17(21-16)19(25)20-10-15(22)23/h2-8,25H,9H2,1H3,(H,21,26)(H,23,24);2-9,24H,10H2,1H3,(H,20,25)(H,22,23). The number of aryl methyl sites for hydroxylation is 2. The SMILES string of the molecule is Cc1ccc(-c2nc(C(=O)NCC(=O)O)c(O)c3ccccc23)cc1.Cc1nc(C(=O)NCC(=O)O)c(O)c2ccc(Oc3ccc(F)cc3)cc12. The normalized spacial score (nSPS) is 10.6. The summed E-state index contributed by atoms with van der Waals surface area (Å²) in [6.45, 7) is 2.49.